The predicted molar refractivity (Wildman–Crippen MR) is 85.5 cm³/mol. The van der Waals surface area contributed by atoms with E-state index in [1.165, 1.54) is 5.57 Å². The molecule has 1 amide bonds. The van der Waals surface area contributed by atoms with Gasteiger partial charge in [0.25, 0.3) is 5.91 Å². The Bertz CT molecular complexity index is 571. The summed E-state index contributed by atoms with van der Waals surface area (Å²) in [6.07, 6.45) is 3.07. The van der Waals surface area contributed by atoms with E-state index in [4.69, 9.17) is 10.5 Å². The summed E-state index contributed by atoms with van der Waals surface area (Å²) < 4.78 is 5.27. The second-order valence-electron chi connectivity index (χ2n) is 6.41. The Hall–Kier alpha value is -1.97. The van der Waals surface area contributed by atoms with Crippen LogP contribution in [-0.4, -0.2) is 31.0 Å². The molecule has 1 heterocycles. The highest BCUT2D eigenvalue weighted by Crippen LogP contribution is 2.32. The SMILES string of the molecule is COc1cccc(N)c1C(=O)N1CC=C(C(C)(C)C)CC1. The highest BCUT2D eigenvalue weighted by Gasteiger charge is 2.26. The first-order valence-corrected chi connectivity index (χ1v) is 7.26. The number of benzene rings is 1. The van der Waals surface area contributed by atoms with Crippen molar-refractivity contribution in [1.29, 1.82) is 0 Å². The molecular formula is C17H24N2O2. The van der Waals surface area contributed by atoms with Crippen LogP contribution in [0.15, 0.2) is 29.8 Å². The number of carbonyl (C=O) groups is 1. The van der Waals surface area contributed by atoms with Gasteiger partial charge in [0.1, 0.15) is 11.3 Å². The molecule has 4 heteroatoms. The largest absolute Gasteiger partial charge is 0.496 e. The smallest absolute Gasteiger partial charge is 0.260 e. The fraction of sp³-hybridized carbons (Fsp3) is 0.471. The Labute approximate surface area is 126 Å². The lowest BCUT2D eigenvalue weighted by Crippen LogP contribution is -2.36. The Balaban J connectivity index is 2.22. The Morgan fingerprint density at radius 2 is 2.05 bits per heavy atom. The van der Waals surface area contributed by atoms with Gasteiger partial charge in [-0.3, -0.25) is 4.79 Å². The maximum absolute atomic E-state index is 12.7. The van der Waals surface area contributed by atoms with E-state index in [1.54, 1.807) is 25.3 Å². The molecule has 0 aromatic heterocycles. The number of rotatable bonds is 2. The first-order chi connectivity index (χ1) is 9.84. The standard InChI is InChI=1S/C17H24N2O2/c1-17(2,3)12-8-10-19(11-9-12)16(20)15-13(18)6-5-7-14(15)21-4/h5-8H,9-11,18H2,1-4H3. The molecule has 114 valence electrons. The summed E-state index contributed by atoms with van der Waals surface area (Å²) in [7, 11) is 1.55. The van der Waals surface area contributed by atoms with Crippen molar-refractivity contribution in [3.8, 4) is 5.75 Å². The minimum Gasteiger partial charge on any atom is -0.496 e. The van der Waals surface area contributed by atoms with E-state index in [-0.39, 0.29) is 11.3 Å². The van der Waals surface area contributed by atoms with E-state index >= 15 is 0 Å². The van der Waals surface area contributed by atoms with Gasteiger partial charge in [-0.05, 0) is 24.0 Å². The quantitative estimate of drug-likeness (QED) is 0.672. The van der Waals surface area contributed by atoms with Crippen molar-refractivity contribution >= 4 is 11.6 Å². The molecule has 0 radical (unpaired) electrons. The highest BCUT2D eigenvalue weighted by atomic mass is 16.5. The zero-order valence-corrected chi connectivity index (χ0v) is 13.3. The lowest BCUT2D eigenvalue weighted by atomic mass is 9.83. The number of nitrogen functional groups attached to an aromatic ring is 1. The summed E-state index contributed by atoms with van der Waals surface area (Å²) in [6, 6.07) is 5.29. The summed E-state index contributed by atoms with van der Waals surface area (Å²) in [6.45, 7) is 7.96. The number of hydrogen-bond donors (Lipinski definition) is 1. The lowest BCUT2D eigenvalue weighted by Gasteiger charge is -2.32. The molecule has 2 rings (SSSR count). The van der Waals surface area contributed by atoms with Gasteiger partial charge >= 0.3 is 0 Å². The highest BCUT2D eigenvalue weighted by molar-refractivity contribution is 6.02. The number of carbonyl (C=O) groups excluding carboxylic acids is 1. The van der Waals surface area contributed by atoms with Gasteiger partial charge < -0.3 is 15.4 Å². The van der Waals surface area contributed by atoms with Crippen molar-refractivity contribution in [2.24, 2.45) is 5.41 Å². The van der Waals surface area contributed by atoms with Crippen molar-refractivity contribution in [3.63, 3.8) is 0 Å². The second-order valence-corrected chi connectivity index (χ2v) is 6.41. The lowest BCUT2D eigenvalue weighted by molar-refractivity contribution is 0.0762. The third kappa shape index (κ3) is 3.20. The number of anilines is 1. The van der Waals surface area contributed by atoms with Crippen LogP contribution in [0.5, 0.6) is 5.75 Å². The van der Waals surface area contributed by atoms with Crippen LogP contribution in [0.2, 0.25) is 0 Å². The molecule has 1 aliphatic heterocycles. The summed E-state index contributed by atoms with van der Waals surface area (Å²) in [5, 5.41) is 0. The Kier molecular flexibility index (Phi) is 4.26. The molecule has 4 nitrogen and oxygen atoms in total. The van der Waals surface area contributed by atoms with Gasteiger partial charge in [0, 0.05) is 18.8 Å². The van der Waals surface area contributed by atoms with Crippen molar-refractivity contribution in [3.05, 3.63) is 35.4 Å². The first kappa shape index (κ1) is 15.4. The molecule has 2 N–H and O–H groups in total. The fourth-order valence-corrected chi connectivity index (χ4v) is 2.64. The summed E-state index contributed by atoms with van der Waals surface area (Å²) in [5.74, 6) is 0.472. The van der Waals surface area contributed by atoms with Gasteiger partial charge in [-0.15, -0.1) is 0 Å². The summed E-state index contributed by atoms with van der Waals surface area (Å²) in [5.41, 5.74) is 8.45. The molecule has 0 bridgehead atoms. The molecular weight excluding hydrogens is 264 g/mol. The monoisotopic (exact) mass is 288 g/mol. The Morgan fingerprint density at radius 1 is 1.33 bits per heavy atom. The maximum atomic E-state index is 12.7. The molecule has 0 aliphatic carbocycles. The van der Waals surface area contributed by atoms with Crippen molar-refractivity contribution < 1.29 is 9.53 Å². The molecule has 0 spiro atoms. The average molecular weight is 288 g/mol. The molecule has 0 saturated carbocycles. The minimum atomic E-state index is -0.0610. The van der Waals surface area contributed by atoms with E-state index in [1.807, 2.05) is 4.90 Å². The van der Waals surface area contributed by atoms with Crippen LogP contribution < -0.4 is 10.5 Å². The van der Waals surface area contributed by atoms with Gasteiger partial charge in [0.2, 0.25) is 0 Å². The number of amides is 1. The predicted octanol–water partition coefficient (Wildman–Crippen LogP) is 3.10. The number of ether oxygens (including phenoxy) is 1. The number of nitrogens with two attached hydrogens (primary N) is 1. The van der Waals surface area contributed by atoms with E-state index < -0.39 is 0 Å². The first-order valence-electron chi connectivity index (χ1n) is 7.26. The normalized spacial score (nSPS) is 15.6. The van der Waals surface area contributed by atoms with E-state index in [0.29, 0.717) is 23.5 Å². The second kappa shape index (κ2) is 5.80. The molecule has 0 fully saturated rings. The van der Waals surface area contributed by atoms with Gasteiger partial charge in [0.15, 0.2) is 0 Å². The molecule has 21 heavy (non-hydrogen) atoms. The average Bonchev–Trinajstić information content (AvgIpc) is 2.45. The maximum Gasteiger partial charge on any atom is 0.260 e. The topological polar surface area (TPSA) is 55.6 Å². The van der Waals surface area contributed by atoms with Crippen molar-refractivity contribution in [2.45, 2.75) is 27.2 Å². The third-order valence-corrected chi connectivity index (χ3v) is 3.95. The molecule has 1 aromatic carbocycles. The van der Waals surface area contributed by atoms with E-state index in [9.17, 15) is 4.79 Å². The van der Waals surface area contributed by atoms with E-state index in [0.717, 1.165) is 13.0 Å². The van der Waals surface area contributed by atoms with Crippen LogP contribution in [0.4, 0.5) is 5.69 Å². The van der Waals surface area contributed by atoms with Crippen LogP contribution in [0.3, 0.4) is 0 Å². The number of hydrogen-bond acceptors (Lipinski definition) is 3. The zero-order valence-electron chi connectivity index (χ0n) is 13.3. The number of nitrogens with zero attached hydrogens (tertiary/aromatic N) is 1. The van der Waals surface area contributed by atoms with Crippen LogP contribution in [0, 0.1) is 5.41 Å². The third-order valence-electron chi connectivity index (χ3n) is 3.95. The molecule has 0 saturated heterocycles. The van der Waals surface area contributed by atoms with Crippen LogP contribution in [0.25, 0.3) is 0 Å². The fourth-order valence-electron chi connectivity index (χ4n) is 2.64. The van der Waals surface area contributed by atoms with Gasteiger partial charge in [-0.25, -0.2) is 0 Å². The van der Waals surface area contributed by atoms with E-state index in [2.05, 4.69) is 26.8 Å². The zero-order chi connectivity index (χ0) is 15.6. The number of methoxy groups -OCH3 is 1. The Morgan fingerprint density at radius 3 is 2.57 bits per heavy atom. The van der Waals surface area contributed by atoms with Crippen LogP contribution in [0.1, 0.15) is 37.6 Å². The molecule has 0 atom stereocenters. The van der Waals surface area contributed by atoms with Crippen molar-refractivity contribution in [1.82, 2.24) is 4.90 Å². The minimum absolute atomic E-state index is 0.0610. The molecule has 0 unspecified atom stereocenters. The van der Waals surface area contributed by atoms with Crippen LogP contribution >= 0.6 is 0 Å². The summed E-state index contributed by atoms with van der Waals surface area (Å²) in [4.78, 5) is 14.5. The summed E-state index contributed by atoms with van der Waals surface area (Å²) >= 11 is 0. The molecule has 1 aliphatic rings. The van der Waals surface area contributed by atoms with Gasteiger partial charge in [-0.2, -0.15) is 0 Å². The van der Waals surface area contributed by atoms with Crippen LogP contribution in [-0.2, 0) is 0 Å². The van der Waals surface area contributed by atoms with Gasteiger partial charge in [-0.1, -0.05) is 38.5 Å². The van der Waals surface area contributed by atoms with Crippen molar-refractivity contribution in [2.75, 3.05) is 25.9 Å². The molecule has 1 aromatic rings. The van der Waals surface area contributed by atoms with Gasteiger partial charge in [0.05, 0.1) is 7.11 Å².